The molecule has 2 heterocycles. The van der Waals surface area contributed by atoms with Crippen LogP contribution in [0.3, 0.4) is 0 Å². The lowest BCUT2D eigenvalue weighted by molar-refractivity contribution is 0.119. The van der Waals surface area contributed by atoms with Crippen LogP contribution in [0.2, 0.25) is 0 Å². The van der Waals surface area contributed by atoms with Crippen molar-refractivity contribution in [3.05, 3.63) is 32.2 Å². The lowest BCUT2D eigenvalue weighted by Gasteiger charge is -2.28. The lowest BCUT2D eigenvalue weighted by atomic mass is 9.98. The third-order valence-corrected chi connectivity index (χ3v) is 6.58. The molecule has 1 aliphatic rings. The topological polar surface area (TPSA) is 47.0 Å². The van der Waals surface area contributed by atoms with Crippen LogP contribution in [0.1, 0.15) is 60.1 Å². The van der Waals surface area contributed by atoms with Crippen molar-refractivity contribution in [1.82, 2.24) is 15.3 Å². The summed E-state index contributed by atoms with van der Waals surface area (Å²) in [6.45, 7) is 4.90. The van der Waals surface area contributed by atoms with Crippen LogP contribution >= 0.6 is 22.7 Å². The molecule has 4 nitrogen and oxygen atoms in total. The number of hydrogen-bond acceptors (Lipinski definition) is 6. The standard InChI is InChI=1S/C16H23N3OS2/c1-11-9-22-15(18-11)16(6-4-5-7-16)17-8-13-10-21-14(19-13)12(2)20-3/h9-10,12,17H,4-8H2,1-3H3/t12-/m1/s1. The van der Waals surface area contributed by atoms with Crippen molar-refractivity contribution >= 4 is 22.7 Å². The van der Waals surface area contributed by atoms with Crippen LogP contribution in [0.4, 0.5) is 0 Å². The van der Waals surface area contributed by atoms with Crippen LogP contribution < -0.4 is 5.32 Å². The minimum atomic E-state index is 0.0512. The van der Waals surface area contributed by atoms with E-state index >= 15 is 0 Å². The van der Waals surface area contributed by atoms with Crippen molar-refractivity contribution in [1.29, 1.82) is 0 Å². The maximum atomic E-state index is 5.34. The number of aryl methyl sites for hydroxylation is 1. The van der Waals surface area contributed by atoms with Gasteiger partial charge in [-0.1, -0.05) is 12.8 Å². The molecule has 0 aliphatic heterocycles. The van der Waals surface area contributed by atoms with Gasteiger partial charge in [0.2, 0.25) is 0 Å². The van der Waals surface area contributed by atoms with Crippen molar-refractivity contribution in [2.75, 3.05) is 7.11 Å². The number of nitrogens with zero attached hydrogens (tertiary/aromatic N) is 2. The second-order valence-corrected chi connectivity index (χ2v) is 7.74. The molecule has 22 heavy (non-hydrogen) atoms. The van der Waals surface area contributed by atoms with Crippen molar-refractivity contribution in [2.45, 2.75) is 57.7 Å². The lowest BCUT2D eigenvalue weighted by Crippen LogP contribution is -2.39. The Labute approximate surface area is 140 Å². The first-order valence-corrected chi connectivity index (χ1v) is 9.53. The van der Waals surface area contributed by atoms with Crippen LogP contribution in [-0.4, -0.2) is 17.1 Å². The Morgan fingerprint density at radius 2 is 2.05 bits per heavy atom. The second kappa shape index (κ2) is 6.74. The first-order chi connectivity index (χ1) is 10.6. The highest BCUT2D eigenvalue weighted by Crippen LogP contribution is 2.40. The van der Waals surface area contributed by atoms with Crippen LogP contribution in [0, 0.1) is 6.92 Å². The zero-order valence-corrected chi connectivity index (χ0v) is 15.0. The van der Waals surface area contributed by atoms with Crippen LogP contribution in [0.15, 0.2) is 10.8 Å². The summed E-state index contributed by atoms with van der Waals surface area (Å²) in [5.74, 6) is 0. The fourth-order valence-electron chi connectivity index (χ4n) is 2.97. The highest BCUT2D eigenvalue weighted by Gasteiger charge is 2.37. The minimum Gasteiger partial charge on any atom is -0.375 e. The largest absolute Gasteiger partial charge is 0.375 e. The summed E-state index contributed by atoms with van der Waals surface area (Å²) in [5.41, 5.74) is 2.27. The smallest absolute Gasteiger partial charge is 0.122 e. The molecule has 0 saturated heterocycles. The molecule has 2 aromatic heterocycles. The Kier molecular flexibility index (Phi) is 4.92. The van der Waals surface area contributed by atoms with Crippen molar-refractivity contribution < 1.29 is 4.74 Å². The van der Waals surface area contributed by atoms with Crippen LogP contribution in [0.5, 0.6) is 0 Å². The molecule has 0 radical (unpaired) electrons. The molecule has 1 aliphatic carbocycles. The summed E-state index contributed by atoms with van der Waals surface area (Å²) in [6.07, 6.45) is 4.96. The van der Waals surface area contributed by atoms with Crippen molar-refractivity contribution in [2.24, 2.45) is 0 Å². The minimum absolute atomic E-state index is 0.0512. The maximum Gasteiger partial charge on any atom is 0.122 e. The molecule has 1 fully saturated rings. The third kappa shape index (κ3) is 3.25. The number of thiazole rings is 2. The number of nitrogens with one attached hydrogen (secondary N) is 1. The summed E-state index contributed by atoms with van der Waals surface area (Å²) < 4.78 is 5.34. The van der Waals surface area contributed by atoms with Gasteiger partial charge >= 0.3 is 0 Å². The summed E-state index contributed by atoms with van der Waals surface area (Å²) in [6, 6.07) is 0. The molecule has 1 saturated carbocycles. The fourth-order valence-corrected chi connectivity index (χ4v) is 4.85. The SMILES string of the molecule is CO[C@H](C)c1nc(CNC2(c3nc(C)cs3)CCCC2)cs1. The van der Waals surface area contributed by atoms with E-state index in [1.165, 1.54) is 30.7 Å². The first kappa shape index (κ1) is 16.1. The predicted molar refractivity (Wildman–Crippen MR) is 91.4 cm³/mol. The number of hydrogen-bond donors (Lipinski definition) is 1. The van der Waals surface area contributed by atoms with E-state index < -0.39 is 0 Å². The van der Waals surface area contributed by atoms with Crippen LogP contribution in [0.25, 0.3) is 0 Å². The molecular formula is C16H23N3OS2. The molecule has 0 unspecified atom stereocenters. The third-order valence-electron chi connectivity index (χ3n) is 4.36. The van der Waals surface area contributed by atoms with Gasteiger partial charge in [0.05, 0.1) is 11.2 Å². The van der Waals surface area contributed by atoms with Gasteiger partial charge in [0.25, 0.3) is 0 Å². The number of aromatic nitrogens is 2. The summed E-state index contributed by atoms with van der Waals surface area (Å²) >= 11 is 3.46. The first-order valence-electron chi connectivity index (χ1n) is 7.78. The molecule has 6 heteroatoms. The normalized spacial score (nSPS) is 18.7. The highest BCUT2D eigenvalue weighted by molar-refractivity contribution is 7.10. The average molecular weight is 338 g/mol. The Bertz CT molecular complexity index is 616. The van der Waals surface area contributed by atoms with E-state index in [9.17, 15) is 0 Å². The van der Waals surface area contributed by atoms with Gasteiger partial charge < -0.3 is 4.74 Å². The zero-order chi connectivity index (χ0) is 15.6. The number of rotatable bonds is 6. The quantitative estimate of drug-likeness (QED) is 0.859. The van der Waals surface area contributed by atoms with Gasteiger partial charge in [0.15, 0.2) is 0 Å². The van der Waals surface area contributed by atoms with Gasteiger partial charge in [-0.15, -0.1) is 22.7 Å². The van der Waals surface area contributed by atoms with Crippen molar-refractivity contribution in [3.63, 3.8) is 0 Å². The molecule has 0 bridgehead atoms. The Balaban J connectivity index is 1.71. The summed E-state index contributed by atoms with van der Waals surface area (Å²) in [5, 5.41) is 10.3. The van der Waals surface area contributed by atoms with E-state index in [0.717, 1.165) is 22.9 Å². The molecular weight excluding hydrogens is 314 g/mol. The highest BCUT2D eigenvalue weighted by atomic mass is 32.1. The zero-order valence-electron chi connectivity index (χ0n) is 13.4. The molecule has 1 atom stereocenters. The number of ether oxygens (including phenoxy) is 1. The van der Waals surface area contributed by atoms with Crippen molar-refractivity contribution in [3.8, 4) is 0 Å². The van der Waals surface area contributed by atoms with Gasteiger partial charge in [0, 0.05) is 30.1 Å². The second-order valence-electron chi connectivity index (χ2n) is 5.99. The van der Waals surface area contributed by atoms with Gasteiger partial charge in [-0.05, 0) is 26.7 Å². The van der Waals surface area contributed by atoms with Gasteiger partial charge in [0.1, 0.15) is 16.1 Å². The van der Waals surface area contributed by atoms with Gasteiger partial charge in [-0.25, -0.2) is 9.97 Å². The van der Waals surface area contributed by atoms with Gasteiger partial charge in [-0.2, -0.15) is 0 Å². The van der Waals surface area contributed by atoms with E-state index in [1.54, 1.807) is 29.8 Å². The van der Waals surface area contributed by atoms with Gasteiger partial charge in [-0.3, -0.25) is 5.32 Å². The fraction of sp³-hybridized carbons (Fsp3) is 0.625. The van der Waals surface area contributed by atoms with Crippen LogP contribution in [-0.2, 0) is 16.8 Å². The monoisotopic (exact) mass is 337 g/mol. The van der Waals surface area contributed by atoms with E-state index in [0.29, 0.717) is 0 Å². The Morgan fingerprint density at radius 3 is 2.68 bits per heavy atom. The predicted octanol–water partition coefficient (Wildman–Crippen LogP) is 4.17. The van der Waals surface area contributed by atoms with E-state index in [2.05, 4.69) is 28.0 Å². The molecule has 0 spiro atoms. The molecule has 1 N–H and O–H groups in total. The molecule has 120 valence electrons. The maximum absolute atomic E-state index is 5.34. The number of methoxy groups -OCH3 is 1. The van der Waals surface area contributed by atoms with E-state index in [4.69, 9.17) is 9.72 Å². The average Bonchev–Trinajstić information content (AvgIpc) is 3.25. The molecule has 3 rings (SSSR count). The molecule has 0 aromatic carbocycles. The Hall–Kier alpha value is -0.820. The molecule has 0 amide bonds. The van der Waals surface area contributed by atoms with E-state index in [-0.39, 0.29) is 11.6 Å². The Morgan fingerprint density at radius 1 is 1.27 bits per heavy atom. The van der Waals surface area contributed by atoms with E-state index in [1.807, 2.05) is 6.92 Å². The molecule has 2 aromatic rings. The summed E-state index contributed by atoms with van der Waals surface area (Å²) in [4.78, 5) is 9.43. The summed E-state index contributed by atoms with van der Waals surface area (Å²) in [7, 11) is 1.72.